The third-order valence-electron chi connectivity index (χ3n) is 3.55. The van der Waals surface area contributed by atoms with Gasteiger partial charge < -0.3 is 19.9 Å². The summed E-state index contributed by atoms with van der Waals surface area (Å²) >= 11 is 6.00. The van der Waals surface area contributed by atoms with Gasteiger partial charge in [0.15, 0.2) is 17.2 Å². The zero-order valence-electron chi connectivity index (χ0n) is 12.6. The van der Waals surface area contributed by atoms with Crippen LogP contribution >= 0.6 is 11.6 Å². The number of benzene rings is 1. The van der Waals surface area contributed by atoms with Crippen LogP contribution in [0.2, 0.25) is 5.15 Å². The standard InChI is InChI=1S/C15H10ClN3O6/c1-7-2-3-9(15(16)18(7)22)13-6-10(17-25-13)8-4-11(19(23)24)14(21)12(20)5-8/h2-6,20-21H,1H3. The molecule has 9 nitrogen and oxygen atoms in total. The number of nitro groups is 1. The normalized spacial score (nSPS) is 10.8. The van der Waals surface area contributed by atoms with Crippen molar-refractivity contribution >= 4 is 17.3 Å². The third kappa shape index (κ3) is 2.81. The van der Waals surface area contributed by atoms with Gasteiger partial charge in [-0.15, -0.1) is 0 Å². The largest absolute Gasteiger partial charge is 0.617 e. The highest BCUT2D eigenvalue weighted by Crippen LogP contribution is 2.40. The van der Waals surface area contributed by atoms with Crippen molar-refractivity contribution in [3.05, 3.63) is 56.5 Å². The average molecular weight is 364 g/mol. The van der Waals surface area contributed by atoms with Crippen LogP contribution in [0.3, 0.4) is 0 Å². The molecule has 0 saturated heterocycles. The van der Waals surface area contributed by atoms with Crippen molar-refractivity contribution in [2.24, 2.45) is 0 Å². The number of hydrogen-bond acceptors (Lipinski definition) is 7. The SMILES string of the molecule is Cc1ccc(-c2cc(-c3cc(O)c(O)c([N+](=O)[O-])c3)no2)c(Cl)[n+]1[O-]. The first kappa shape index (κ1) is 16.5. The highest BCUT2D eigenvalue weighted by molar-refractivity contribution is 6.31. The minimum Gasteiger partial charge on any atom is -0.617 e. The molecule has 0 fully saturated rings. The molecule has 1 aromatic carbocycles. The second kappa shape index (κ2) is 5.95. The van der Waals surface area contributed by atoms with Crippen molar-refractivity contribution in [3.63, 3.8) is 0 Å². The topological polar surface area (TPSA) is 137 Å². The number of phenolic OH excluding ortho intramolecular Hbond substituents is 2. The van der Waals surface area contributed by atoms with Gasteiger partial charge in [0.1, 0.15) is 11.3 Å². The molecule has 0 spiro atoms. The van der Waals surface area contributed by atoms with Crippen LogP contribution in [-0.4, -0.2) is 20.3 Å². The summed E-state index contributed by atoms with van der Waals surface area (Å²) < 4.78 is 5.67. The van der Waals surface area contributed by atoms with Crippen LogP contribution in [-0.2, 0) is 0 Å². The molecule has 0 amide bonds. The number of phenols is 2. The fraction of sp³-hybridized carbons (Fsp3) is 0.0667. The first-order chi connectivity index (χ1) is 11.8. The third-order valence-corrected chi connectivity index (χ3v) is 3.91. The number of nitrogens with zero attached hydrogens (tertiary/aromatic N) is 3. The fourth-order valence-electron chi connectivity index (χ4n) is 2.22. The monoisotopic (exact) mass is 363 g/mol. The average Bonchev–Trinajstić information content (AvgIpc) is 3.04. The minimum atomic E-state index is -0.841. The second-order valence-corrected chi connectivity index (χ2v) is 5.53. The van der Waals surface area contributed by atoms with Crippen LogP contribution in [0.15, 0.2) is 34.9 Å². The van der Waals surface area contributed by atoms with Gasteiger partial charge in [0, 0.05) is 30.7 Å². The van der Waals surface area contributed by atoms with E-state index in [4.69, 9.17) is 16.1 Å². The lowest BCUT2D eigenvalue weighted by atomic mass is 10.1. The first-order valence-corrected chi connectivity index (χ1v) is 7.24. The van der Waals surface area contributed by atoms with Gasteiger partial charge in [0.25, 0.3) is 5.15 Å². The van der Waals surface area contributed by atoms with Crippen molar-refractivity contribution < 1.29 is 24.4 Å². The van der Waals surface area contributed by atoms with Crippen molar-refractivity contribution in [2.75, 3.05) is 0 Å². The van der Waals surface area contributed by atoms with Gasteiger partial charge in [-0.3, -0.25) is 10.1 Å². The zero-order chi connectivity index (χ0) is 18.3. The molecule has 0 radical (unpaired) electrons. The number of halogens is 1. The van der Waals surface area contributed by atoms with Crippen LogP contribution in [0, 0.1) is 22.2 Å². The summed E-state index contributed by atoms with van der Waals surface area (Å²) in [4.78, 5) is 10.1. The van der Waals surface area contributed by atoms with E-state index < -0.39 is 22.1 Å². The molecule has 0 aliphatic carbocycles. The summed E-state index contributed by atoms with van der Waals surface area (Å²) in [6.07, 6.45) is 0. The number of aromatic nitrogens is 2. The molecule has 2 heterocycles. The van der Waals surface area contributed by atoms with Gasteiger partial charge in [-0.1, -0.05) is 5.16 Å². The molecular weight excluding hydrogens is 354 g/mol. The van der Waals surface area contributed by atoms with Crippen molar-refractivity contribution in [3.8, 4) is 34.1 Å². The molecule has 2 N–H and O–H groups in total. The zero-order valence-corrected chi connectivity index (χ0v) is 13.4. The van der Waals surface area contributed by atoms with E-state index in [0.717, 1.165) is 12.1 Å². The van der Waals surface area contributed by atoms with E-state index in [0.29, 0.717) is 16.0 Å². The highest BCUT2D eigenvalue weighted by atomic mass is 35.5. The van der Waals surface area contributed by atoms with Gasteiger partial charge in [-0.2, -0.15) is 4.73 Å². The van der Waals surface area contributed by atoms with E-state index in [-0.39, 0.29) is 22.2 Å². The molecule has 0 saturated carbocycles. The lowest BCUT2D eigenvalue weighted by molar-refractivity contribution is -0.609. The van der Waals surface area contributed by atoms with Crippen LogP contribution in [0.25, 0.3) is 22.6 Å². The molecule has 25 heavy (non-hydrogen) atoms. The minimum absolute atomic E-state index is 0.109. The predicted octanol–water partition coefficient (Wildman–Crippen LogP) is 2.92. The molecule has 3 aromatic rings. The molecule has 128 valence electrons. The summed E-state index contributed by atoms with van der Waals surface area (Å²) in [7, 11) is 0. The lowest BCUT2D eigenvalue weighted by Gasteiger charge is -2.04. The molecule has 0 aliphatic rings. The Balaban J connectivity index is 2.09. The van der Waals surface area contributed by atoms with E-state index >= 15 is 0 Å². The van der Waals surface area contributed by atoms with E-state index in [9.17, 15) is 25.5 Å². The van der Waals surface area contributed by atoms with E-state index in [2.05, 4.69) is 5.16 Å². The Morgan fingerprint density at radius 3 is 2.68 bits per heavy atom. The van der Waals surface area contributed by atoms with Gasteiger partial charge in [-0.05, 0) is 23.7 Å². The Morgan fingerprint density at radius 2 is 2.00 bits per heavy atom. The quantitative estimate of drug-likeness (QED) is 0.182. The Hall–Kier alpha value is -3.33. The van der Waals surface area contributed by atoms with Crippen molar-refractivity contribution in [1.29, 1.82) is 0 Å². The summed E-state index contributed by atoms with van der Waals surface area (Å²) in [6.45, 7) is 1.59. The summed E-state index contributed by atoms with van der Waals surface area (Å²) in [5.41, 5.74) is 0.314. The van der Waals surface area contributed by atoms with Crippen LogP contribution in [0.4, 0.5) is 5.69 Å². The fourth-order valence-corrected chi connectivity index (χ4v) is 2.51. The van der Waals surface area contributed by atoms with Crippen LogP contribution in [0.5, 0.6) is 11.5 Å². The Bertz CT molecular complexity index is 1000. The molecular formula is C15H10ClN3O6. The molecule has 0 bridgehead atoms. The molecule has 0 aliphatic heterocycles. The summed E-state index contributed by atoms with van der Waals surface area (Å²) in [5.74, 6) is -1.34. The molecule has 10 heteroatoms. The Labute approximate surface area is 145 Å². The van der Waals surface area contributed by atoms with Crippen LogP contribution in [0.1, 0.15) is 5.69 Å². The summed E-state index contributed by atoms with van der Waals surface area (Å²) in [5, 5.41) is 45.6. The van der Waals surface area contributed by atoms with Gasteiger partial charge in [0.2, 0.25) is 5.75 Å². The lowest BCUT2D eigenvalue weighted by Crippen LogP contribution is -2.31. The Kier molecular flexibility index (Phi) is 3.93. The van der Waals surface area contributed by atoms with Crippen molar-refractivity contribution in [1.82, 2.24) is 5.16 Å². The van der Waals surface area contributed by atoms with E-state index in [1.807, 2.05) is 0 Å². The van der Waals surface area contributed by atoms with E-state index in [1.165, 1.54) is 6.07 Å². The Morgan fingerprint density at radius 1 is 1.28 bits per heavy atom. The van der Waals surface area contributed by atoms with Gasteiger partial charge in [0.05, 0.1) is 4.92 Å². The number of aromatic hydroxyl groups is 2. The number of pyridine rings is 1. The smallest absolute Gasteiger partial charge is 0.315 e. The first-order valence-electron chi connectivity index (χ1n) is 6.86. The second-order valence-electron chi connectivity index (χ2n) is 5.17. The highest BCUT2D eigenvalue weighted by Gasteiger charge is 2.23. The van der Waals surface area contributed by atoms with Gasteiger partial charge in [-0.25, -0.2) is 0 Å². The van der Waals surface area contributed by atoms with E-state index in [1.54, 1.807) is 19.1 Å². The molecule has 2 aromatic heterocycles. The van der Waals surface area contributed by atoms with Crippen LogP contribution < -0.4 is 4.73 Å². The maximum absolute atomic E-state index is 11.8. The number of rotatable bonds is 3. The number of aryl methyl sites for hydroxylation is 1. The number of nitro benzene ring substituents is 1. The molecule has 0 unspecified atom stereocenters. The maximum atomic E-state index is 11.8. The van der Waals surface area contributed by atoms with Gasteiger partial charge >= 0.3 is 5.69 Å². The maximum Gasteiger partial charge on any atom is 0.315 e. The number of hydrogen-bond donors (Lipinski definition) is 2. The predicted molar refractivity (Wildman–Crippen MR) is 86.1 cm³/mol. The molecule has 3 rings (SSSR count). The summed E-state index contributed by atoms with van der Waals surface area (Å²) in [6, 6.07) is 6.68. The molecule has 0 atom stereocenters. The van der Waals surface area contributed by atoms with Crippen molar-refractivity contribution in [2.45, 2.75) is 6.92 Å².